The molecule has 0 radical (unpaired) electrons. The summed E-state index contributed by atoms with van der Waals surface area (Å²) in [5.41, 5.74) is 4.56. The monoisotopic (exact) mass is 510 g/mol. The summed E-state index contributed by atoms with van der Waals surface area (Å²) < 4.78 is 29.2. The second-order valence-corrected chi connectivity index (χ2v) is 11.7. The number of aromatic nitrogens is 1. The van der Waals surface area contributed by atoms with E-state index in [9.17, 15) is 18.3 Å². The van der Waals surface area contributed by atoms with Crippen LogP contribution in [0.2, 0.25) is 0 Å². The van der Waals surface area contributed by atoms with Crippen molar-refractivity contribution in [2.24, 2.45) is 5.92 Å². The molecule has 1 saturated carbocycles. The Labute approximate surface area is 212 Å². The molecule has 9 heteroatoms. The van der Waals surface area contributed by atoms with Gasteiger partial charge in [0.25, 0.3) is 0 Å². The summed E-state index contributed by atoms with van der Waals surface area (Å²) in [6.07, 6.45) is 2.76. The van der Waals surface area contributed by atoms with Crippen molar-refractivity contribution >= 4 is 26.8 Å². The topological polar surface area (TPSA) is 115 Å². The van der Waals surface area contributed by atoms with Crippen LogP contribution < -0.4 is 10.0 Å². The SMILES string of the molecule is Cc1cc(CO)ccc1-c1cc2ccc(S(=O)(=O)NC3CCC(C(=O)N4CCNCC4)CC3)cc2[nH]1. The first-order valence-electron chi connectivity index (χ1n) is 12.7. The molecule has 2 heterocycles. The zero-order chi connectivity index (χ0) is 25.3. The van der Waals surface area contributed by atoms with Gasteiger partial charge < -0.3 is 20.3 Å². The van der Waals surface area contributed by atoms with Crippen LogP contribution in [0.4, 0.5) is 0 Å². The molecule has 192 valence electrons. The molecule has 4 N–H and O–H groups in total. The van der Waals surface area contributed by atoms with Crippen LogP contribution in [0.5, 0.6) is 0 Å². The molecule has 2 fully saturated rings. The standard InChI is InChI=1S/C27H34N4O4S/c1-18-14-19(17-32)2-9-24(18)26-15-21-5-8-23(16-25(21)29-26)36(34,35)30-22-6-3-20(4-7-22)27(33)31-12-10-28-11-13-31/h2,5,8-9,14-16,20,22,28-30,32H,3-4,6-7,10-13,17H2,1H3. The first-order chi connectivity index (χ1) is 17.3. The van der Waals surface area contributed by atoms with E-state index in [0.29, 0.717) is 25.7 Å². The Morgan fingerprint density at radius 2 is 1.81 bits per heavy atom. The highest BCUT2D eigenvalue weighted by molar-refractivity contribution is 7.89. The van der Waals surface area contributed by atoms with Gasteiger partial charge in [0.05, 0.1) is 11.5 Å². The fourth-order valence-corrected chi connectivity index (χ4v) is 6.76. The van der Waals surface area contributed by atoms with Crippen molar-refractivity contribution in [1.29, 1.82) is 0 Å². The number of aliphatic hydroxyl groups is 1. The lowest BCUT2D eigenvalue weighted by atomic mass is 9.85. The van der Waals surface area contributed by atoms with E-state index < -0.39 is 10.0 Å². The van der Waals surface area contributed by atoms with E-state index in [1.165, 1.54) is 0 Å². The number of aromatic amines is 1. The second-order valence-electron chi connectivity index (χ2n) is 9.98. The highest BCUT2D eigenvalue weighted by Crippen LogP contribution is 2.30. The Kier molecular flexibility index (Phi) is 7.16. The summed E-state index contributed by atoms with van der Waals surface area (Å²) in [6, 6.07) is 12.8. The van der Waals surface area contributed by atoms with E-state index in [1.54, 1.807) is 12.1 Å². The number of carbonyl (C=O) groups is 1. The second kappa shape index (κ2) is 10.3. The van der Waals surface area contributed by atoms with Crippen LogP contribution in [0, 0.1) is 12.8 Å². The fraction of sp³-hybridized carbons (Fsp3) is 0.444. The van der Waals surface area contributed by atoms with Crippen molar-refractivity contribution < 1.29 is 18.3 Å². The van der Waals surface area contributed by atoms with Gasteiger partial charge in [-0.2, -0.15) is 0 Å². The highest BCUT2D eigenvalue weighted by atomic mass is 32.2. The molecule has 2 aromatic carbocycles. The molecule has 1 amide bonds. The summed E-state index contributed by atoms with van der Waals surface area (Å²) in [4.78, 5) is 18.3. The molecule has 3 aromatic rings. The number of piperazine rings is 1. The van der Waals surface area contributed by atoms with Gasteiger partial charge in [0.1, 0.15) is 0 Å². The molecule has 0 spiro atoms. The van der Waals surface area contributed by atoms with Crippen LogP contribution in [0.1, 0.15) is 36.8 Å². The average molecular weight is 511 g/mol. The zero-order valence-electron chi connectivity index (χ0n) is 20.6. The zero-order valence-corrected chi connectivity index (χ0v) is 21.4. The van der Waals surface area contributed by atoms with Crippen molar-refractivity contribution in [2.45, 2.75) is 50.2 Å². The highest BCUT2D eigenvalue weighted by Gasteiger charge is 2.32. The van der Waals surface area contributed by atoms with E-state index >= 15 is 0 Å². The Morgan fingerprint density at radius 1 is 1.06 bits per heavy atom. The smallest absolute Gasteiger partial charge is 0.240 e. The van der Waals surface area contributed by atoms with Crippen LogP contribution in [0.15, 0.2) is 47.4 Å². The first-order valence-corrected chi connectivity index (χ1v) is 14.2. The first kappa shape index (κ1) is 25.0. The molecule has 1 aromatic heterocycles. The van der Waals surface area contributed by atoms with E-state index in [4.69, 9.17) is 0 Å². The lowest BCUT2D eigenvalue weighted by Gasteiger charge is -2.34. The normalized spacial score (nSPS) is 21.1. The van der Waals surface area contributed by atoms with Gasteiger partial charge >= 0.3 is 0 Å². The van der Waals surface area contributed by atoms with Crippen molar-refractivity contribution in [3.05, 3.63) is 53.6 Å². The maximum Gasteiger partial charge on any atom is 0.240 e. The van der Waals surface area contributed by atoms with Gasteiger partial charge in [-0.15, -0.1) is 0 Å². The van der Waals surface area contributed by atoms with Crippen molar-refractivity contribution in [2.75, 3.05) is 26.2 Å². The van der Waals surface area contributed by atoms with Gasteiger partial charge in [0, 0.05) is 60.3 Å². The van der Waals surface area contributed by atoms with E-state index in [2.05, 4.69) is 15.0 Å². The Bertz CT molecular complexity index is 1350. The summed E-state index contributed by atoms with van der Waals surface area (Å²) >= 11 is 0. The van der Waals surface area contributed by atoms with Crippen LogP contribution in [0.3, 0.4) is 0 Å². The van der Waals surface area contributed by atoms with Gasteiger partial charge in [-0.1, -0.05) is 24.3 Å². The molecule has 0 atom stereocenters. The number of nitrogens with one attached hydrogen (secondary N) is 3. The van der Waals surface area contributed by atoms with Gasteiger partial charge in [0.15, 0.2) is 0 Å². The molecule has 0 unspecified atom stereocenters. The molecule has 2 aliphatic rings. The number of aryl methyl sites for hydroxylation is 1. The minimum atomic E-state index is -3.68. The van der Waals surface area contributed by atoms with Crippen LogP contribution >= 0.6 is 0 Å². The minimum Gasteiger partial charge on any atom is -0.392 e. The summed E-state index contributed by atoms with van der Waals surface area (Å²) in [7, 11) is -3.68. The molecule has 1 aliphatic carbocycles. The number of aliphatic hydroxyl groups excluding tert-OH is 1. The number of fused-ring (bicyclic) bond motifs is 1. The number of nitrogens with zero attached hydrogens (tertiary/aromatic N) is 1. The quantitative estimate of drug-likeness (QED) is 0.407. The molecule has 8 nitrogen and oxygen atoms in total. The number of H-pyrrole nitrogens is 1. The lowest BCUT2D eigenvalue weighted by Crippen LogP contribution is -2.49. The summed E-state index contributed by atoms with van der Waals surface area (Å²) in [5, 5.41) is 13.6. The van der Waals surface area contributed by atoms with Crippen molar-refractivity contribution in [3.63, 3.8) is 0 Å². The van der Waals surface area contributed by atoms with Crippen molar-refractivity contribution in [1.82, 2.24) is 19.9 Å². The Balaban J connectivity index is 1.26. The largest absolute Gasteiger partial charge is 0.392 e. The molecule has 0 bridgehead atoms. The number of carbonyl (C=O) groups excluding carboxylic acids is 1. The molecule has 1 saturated heterocycles. The molecule has 36 heavy (non-hydrogen) atoms. The predicted octanol–water partition coefficient (Wildman–Crippen LogP) is 2.90. The summed E-state index contributed by atoms with van der Waals surface area (Å²) in [6.45, 7) is 5.16. The maximum atomic E-state index is 13.2. The van der Waals surface area contributed by atoms with Crippen LogP contribution in [0.25, 0.3) is 22.2 Å². The number of hydrogen-bond acceptors (Lipinski definition) is 5. The Hall–Kier alpha value is -2.72. The average Bonchev–Trinajstić information content (AvgIpc) is 3.32. The van der Waals surface area contributed by atoms with Gasteiger partial charge in [-0.05, 0) is 61.9 Å². The Morgan fingerprint density at radius 3 is 2.50 bits per heavy atom. The van der Waals surface area contributed by atoms with Crippen LogP contribution in [-0.4, -0.2) is 61.5 Å². The van der Waals surface area contributed by atoms with Crippen molar-refractivity contribution in [3.8, 4) is 11.3 Å². The molecular formula is C27H34N4O4S. The third-order valence-corrected chi connectivity index (χ3v) is 9.01. The molecular weight excluding hydrogens is 476 g/mol. The van der Waals surface area contributed by atoms with E-state index in [0.717, 1.165) is 59.5 Å². The number of amides is 1. The van der Waals surface area contributed by atoms with Gasteiger partial charge in [-0.3, -0.25) is 4.79 Å². The van der Waals surface area contributed by atoms with E-state index in [-0.39, 0.29) is 29.4 Å². The lowest BCUT2D eigenvalue weighted by molar-refractivity contribution is -0.137. The predicted molar refractivity (Wildman–Crippen MR) is 140 cm³/mol. The minimum absolute atomic E-state index is 0.00381. The summed E-state index contributed by atoms with van der Waals surface area (Å²) in [5.74, 6) is 0.208. The fourth-order valence-electron chi connectivity index (χ4n) is 5.43. The number of rotatable bonds is 6. The van der Waals surface area contributed by atoms with E-state index in [1.807, 2.05) is 42.2 Å². The molecule has 5 rings (SSSR count). The number of hydrogen-bond donors (Lipinski definition) is 4. The third-order valence-electron chi connectivity index (χ3n) is 7.49. The van der Waals surface area contributed by atoms with Crippen LogP contribution in [-0.2, 0) is 21.4 Å². The molecule has 1 aliphatic heterocycles. The number of benzene rings is 2. The van der Waals surface area contributed by atoms with Gasteiger partial charge in [-0.25, -0.2) is 13.1 Å². The maximum absolute atomic E-state index is 13.2. The van der Waals surface area contributed by atoms with Gasteiger partial charge in [0.2, 0.25) is 15.9 Å². The third kappa shape index (κ3) is 5.20. The number of sulfonamides is 1.